The molecule has 0 radical (unpaired) electrons. The SMILES string of the molecule is CCN(CC)c1ccc2cc(/C=C/c3cc[n+](CCCCCC(=O)O)c4ccc(S(=O)(=O)[O-])cc34)oc2c1.C[N+](C)(C)CC(=O)[O-]. The molecule has 0 saturated heterocycles. The Morgan fingerprint density at radius 3 is 2.28 bits per heavy atom. The van der Waals surface area contributed by atoms with Crippen molar-refractivity contribution in [2.75, 3.05) is 45.7 Å². The molecule has 0 aliphatic heterocycles. The molecule has 1 N–H and O–H groups in total. The molecule has 248 valence electrons. The summed E-state index contributed by atoms with van der Waals surface area (Å²) in [6.07, 6.45) is 7.87. The number of anilines is 1. The Hall–Kier alpha value is -4.26. The van der Waals surface area contributed by atoms with Crippen LogP contribution in [0, 0.1) is 0 Å². The average molecular weight is 654 g/mol. The fourth-order valence-electron chi connectivity index (χ4n) is 5.04. The monoisotopic (exact) mass is 653 g/mol. The summed E-state index contributed by atoms with van der Waals surface area (Å²) in [6, 6.07) is 14.3. The fraction of sp³-hybridized carbons (Fsp3) is 0.382. The number of carboxylic acids is 2. The second kappa shape index (κ2) is 15.8. The molecule has 0 atom stereocenters. The van der Waals surface area contributed by atoms with Gasteiger partial charge in [0.05, 0.1) is 37.4 Å². The Labute approximate surface area is 270 Å². The maximum atomic E-state index is 11.7. The topological polar surface area (TPSA) is 155 Å². The third-order valence-electron chi connectivity index (χ3n) is 7.28. The highest BCUT2D eigenvalue weighted by Crippen LogP contribution is 2.27. The number of aromatic nitrogens is 1. The molecule has 2 heterocycles. The van der Waals surface area contributed by atoms with E-state index in [0.717, 1.165) is 53.7 Å². The minimum absolute atomic E-state index is 0.0694. The van der Waals surface area contributed by atoms with Gasteiger partial charge in [-0.3, -0.25) is 4.79 Å². The van der Waals surface area contributed by atoms with Crippen LogP contribution in [0.4, 0.5) is 5.69 Å². The molecule has 0 fully saturated rings. The molecular weight excluding hydrogens is 610 g/mol. The molecule has 0 bridgehead atoms. The lowest BCUT2D eigenvalue weighted by molar-refractivity contribution is -0.864. The van der Waals surface area contributed by atoms with Crippen LogP contribution in [-0.2, 0) is 26.3 Å². The van der Waals surface area contributed by atoms with Crippen molar-refractivity contribution in [1.29, 1.82) is 0 Å². The number of carbonyl (C=O) groups excluding carboxylic acids is 1. The van der Waals surface area contributed by atoms with Crippen molar-refractivity contribution < 1.29 is 46.2 Å². The molecule has 11 nitrogen and oxygen atoms in total. The van der Waals surface area contributed by atoms with E-state index in [0.29, 0.717) is 28.6 Å². The highest BCUT2D eigenvalue weighted by Gasteiger charge is 2.15. The zero-order valence-corrected chi connectivity index (χ0v) is 27.9. The van der Waals surface area contributed by atoms with Gasteiger partial charge >= 0.3 is 5.97 Å². The number of nitrogens with zero attached hydrogens (tertiary/aromatic N) is 3. The van der Waals surface area contributed by atoms with Crippen molar-refractivity contribution in [3.63, 3.8) is 0 Å². The Balaban J connectivity index is 0.000000637. The van der Waals surface area contributed by atoms with Crippen LogP contribution in [0.5, 0.6) is 0 Å². The molecule has 46 heavy (non-hydrogen) atoms. The molecule has 0 spiro atoms. The van der Waals surface area contributed by atoms with Gasteiger partial charge in [0.2, 0.25) is 5.52 Å². The van der Waals surface area contributed by atoms with Gasteiger partial charge in [0.1, 0.15) is 34.6 Å². The number of aliphatic carboxylic acids is 2. The fourth-order valence-corrected chi connectivity index (χ4v) is 5.53. The molecule has 0 saturated carbocycles. The molecule has 0 aliphatic rings. The largest absolute Gasteiger partial charge is 0.744 e. The van der Waals surface area contributed by atoms with E-state index in [4.69, 9.17) is 9.52 Å². The van der Waals surface area contributed by atoms with Crippen LogP contribution in [0.1, 0.15) is 50.9 Å². The Morgan fingerprint density at radius 2 is 1.70 bits per heavy atom. The number of benzene rings is 2. The van der Waals surface area contributed by atoms with E-state index < -0.39 is 22.1 Å². The van der Waals surface area contributed by atoms with Gasteiger partial charge in [0.15, 0.2) is 6.20 Å². The van der Waals surface area contributed by atoms with Crippen molar-refractivity contribution in [1.82, 2.24) is 0 Å². The van der Waals surface area contributed by atoms with Gasteiger partial charge in [-0.1, -0.05) is 6.08 Å². The van der Waals surface area contributed by atoms with E-state index >= 15 is 0 Å². The van der Waals surface area contributed by atoms with Gasteiger partial charge in [-0.2, -0.15) is 4.57 Å². The van der Waals surface area contributed by atoms with Gasteiger partial charge in [-0.05, 0) is 68.7 Å². The van der Waals surface area contributed by atoms with Gasteiger partial charge in [-0.15, -0.1) is 0 Å². The first-order chi connectivity index (χ1) is 21.6. The highest BCUT2D eigenvalue weighted by molar-refractivity contribution is 7.85. The van der Waals surface area contributed by atoms with Gasteiger partial charge in [0, 0.05) is 55.2 Å². The number of pyridine rings is 1. The van der Waals surface area contributed by atoms with E-state index in [2.05, 4.69) is 24.8 Å². The molecule has 4 rings (SSSR count). The van der Waals surface area contributed by atoms with E-state index in [1.807, 2.05) is 47.2 Å². The summed E-state index contributed by atoms with van der Waals surface area (Å²) in [6.45, 7) is 6.74. The number of likely N-dealkylation sites (N-methyl/N-ethyl adjacent to an activating group) is 1. The van der Waals surface area contributed by atoms with Crippen LogP contribution in [0.15, 0.2) is 64.0 Å². The number of aryl methyl sites for hydroxylation is 1. The summed E-state index contributed by atoms with van der Waals surface area (Å²) >= 11 is 0. The molecule has 0 amide bonds. The second-order valence-corrected chi connectivity index (χ2v) is 13.4. The Bertz CT molecular complexity index is 1800. The third-order valence-corrected chi connectivity index (χ3v) is 8.11. The van der Waals surface area contributed by atoms with Crippen LogP contribution >= 0.6 is 0 Å². The Morgan fingerprint density at radius 1 is 0.978 bits per heavy atom. The Kier molecular flexibility index (Phi) is 12.5. The first-order valence-electron chi connectivity index (χ1n) is 15.2. The van der Waals surface area contributed by atoms with Crippen molar-refractivity contribution in [3.8, 4) is 0 Å². The maximum Gasteiger partial charge on any atom is 0.303 e. The van der Waals surface area contributed by atoms with Crippen LogP contribution in [0.25, 0.3) is 34.0 Å². The highest BCUT2D eigenvalue weighted by atomic mass is 32.2. The molecule has 2 aromatic heterocycles. The van der Waals surface area contributed by atoms with Crippen molar-refractivity contribution in [3.05, 3.63) is 66.1 Å². The van der Waals surface area contributed by atoms with Crippen molar-refractivity contribution in [2.45, 2.75) is 51.0 Å². The van der Waals surface area contributed by atoms with Gasteiger partial charge < -0.3 is 33.4 Å². The summed E-state index contributed by atoms with van der Waals surface area (Å²) in [7, 11) is 0.786. The zero-order chi connectivity index (χ0) is 34.1. The molecule has 0 unspecified atom stereocenters. The number of quaternary nitrogens is 1. The number of carbonyl (C=O) groups is 2. The maximum absolute atomic E-state index is 11.7. The molecular formula is C34H43N3O8S. The minimum Gasteiger partial charge on any atom is -0.744 e. The van der Waals surface area contributed by atoms with Crippen LogP contribution < -0.4 is 14.6 Å². The first kappa shape index (κ1) is 36.2. The van der Waals surface area contributed by atoms with Crippen LogP contribution in [0.3, 0.4) is 0 Å². The summed E-state index contributed by atoms with van der Waals surface area (Å²) in [5.41, 5.74) is 3.41. The van der Waals surface area contributed by atoms with E-state index in [9.17, 15) is 27.7 Å². The lowest BCUT2D eigenvalue weighted by Gasteiger charge is -2.23. The number of fused-ring (bicyclic) bond motifs is 2. The average Bonchev–Trinajstić information content (AvgIpc) is 3.37. The van der Waals surface area contributed by atoms with Gasteiger partial charge in [-0.25, -0.2) is 8.42 Å². The van der Waals surface area contributed by atoms with Crippen molar-refractivity contribution >= 4 is 61.8 Å². The van der Waals surface area contributed by atoms with Gasteiger partial charge in [0.25, 0.3) is 0 Å². The summed E-state index contributed by atoms with van der Waals surface area (Å²) in [5.74, 6) is -1.15. The predicted octanol–water partition coefficient (Wildman–Crippen LogP) is 3.88. The van der Waals surface area contributed by atoms with Crippen LogP contribution in [-0.4, -0.2) is 75.3 Å². The zero-order valence-electron chi connectivity index (χ0n) is 27.1. The number of hydrogen-bond donors (Lipinski definition) is 1. The smallest absolute Gasteiger partial charge is 0.303 e. The minimum atomic E-state index is -4.62. The van der Waals surface area contributed by atoms with Crippen LogP contribution in [0.2, 0.25) is 0 Å². The third kappa shape index (κ3) is 10.7. The molecule has 4 aromatic rings. The summed E-state index contributed by atoms with van der Waals surface area (Å²) in [5, 5.41) is 20.3. The molecule has 0 aliphatic carbocycles. The predicted molar refractivity (Wildman–Crippen MR) is 175 cm³/mol. The first-order valence-corrected chi connectivity index (χ1v) is 16.6. The molecule has 12 heteroatoms. The standard InChI is InChI=1S/C29H32N2O6S.C5H11NO2/c1-3-30(4-2)23-11-9-22-18-24(37-28(22)19-23)12-10-21-15-17-31(16-7-5-6-8-29(32)33)27-14-13-25(20-26(21)27)38(34,35)36;1-6(2,3)4-5(7)8/h9-15,17-20H,3-8,16H2,1-2H3,(H-,32,33,34,35,36);4H2,1-3H3. The summed E-state index contributed by atoms with van der Waals surface area (Å²) in [4.78, 5) is 22.6. The second-order valence-electron chi connectivity index (χ2n) is 12.0. The van der Waals surface area contributed by atoms with E-state index in [1.54, 1.807) is 27.2 Å². The number of hydrogen-bond acceptors (Lipinski definition) is 8. The van der Waals surface area contributed by atoms with Crippen molar-refractivity contribution in [2.24, 2.45) is 0 Å². The van der Waals surface area contributed by atoms with E-state index in [-0.39, 0.29) is 17.9 Å². The van der Waals surface area contributed by atoms with E-state index in [1.165, 1.54) is 12.1 Å². The summed E-state index contributed by atoms with van der Waals surface area (Å²) < 4.78 is 43.6. The quantitative estimate of drug-likeness (QED) is 0.0924. The normalized spacial score (nSPS) is 12.0. The number of carboxylic acid groups (broad SMARTS) is 2. The molecule has 2 aromatic carbocycles. The number of unbranched alkanes of at least 4 members (excludes halogenated alkanes) is 2. The number of furan rings is 1. The lowest BCUT2D eigenvalue weighted by atomic mass is 10.1. The number of rotatable bonds is 14. The lowest BCUT2D eigenvalue weighted by Crippen LogP contribution is -2.45.